The van der Waals surface area contributed by atoms with Crippen LogP contribution in [0.4, 0.5) is 0 Å². The topological polar surface area (TPSA) is 46.9 Å². The molecule has 1 N–H and O–H groups in total. The van der Waals surface area contributed by atoms with Crippen molar-refractivity contribution < 1.29 is 4.79 Å². The largest absolute Gasteiger partial charge is 0.349 e. The summed E-state index contributed by atoms with van der Waals surface area (Å²) in [5.41, 5.74) is 3.90. The van der Waals surface area contributed by atoms with Gasteiger partial charge in [-0.2, -0.15) is 5.10 Å². The van der Waals surface area contributed by atoms with Crippen molar-refractivity contribution in [1.82, 2.24) is 15.1 Å². The van der Waals surface area contributed by atoms with Gasteiger partial charge in [0.05, 0.1) is 22.4 Å². The van der Waals surface area contributed by atoms with Crippen molar-refractivity contribution in [3.8, 4) is 0 Å². The molecule has 122 valence electrons. The van der Waals surface area contributed by atoms with Crippen molar-refractivity contribution in [3.05, 3.63) is 51.3 Å². The smallest absolute Gasteiger partial charge is 0.251 e. The van der Waals surface area contributed by atoms with Gasteiger partial charge in [0.1, 0.15) is 0 Å². The third-order valence-corrected chi connectivity index (χ3v) is 5.65. The molecule has 23 heavy (non-hydrogen) atoms. The molecule has 0 radical (unpaired) electrons. The maximum Gasteiger partial charge on any atom is 0.251 e. The molecule has 1 heterocycles. The molecule has 5 heteroatoms. The molecule has 1 aromatic heterocycles. The number of carbonyl (C=O) groups excluding carboxylic acids is 1. The Kier molecular flexibility index (Phi) is 4.85. The first-order valence-corrected chi connectivity index (χ1v) is 8.93. The standard InChI is InChI=1S/C18H22BrN3O/c1-12-17(19)13(2)22(21-12)11-14-6-5-7-15(10-14)18(23)20-16-8-3-4-9-16/h5-7,10,16H,3-4,8-9,11H2,1-2H3,(H,20,23). The van der Waals surface area contributed by atoms with Crippen molar-refractivity contribution >= 4 is 21.8 Å². The molecule has 1 aromatic carbocycles. The van der Waals surface area contributed by atoms with Crippen LogP contribution in [0.1, 0.15) is 53.0 Å². The molecule has 0 unspecified atom stereocenters. The molecule has 1 aliphatic rings. The van der Waals surface area contributed by atoms with Gasteiger partial charge in [-0.1, -0.05) is 25.0 Å². The second-order valence-corrected chi connectivity index (χ2v) is 7.09. The Labute approximate surface area is 145 Å². The summed E-state index contributed by atoms with van der Waals surface area (Å²) < 4.78 is 3.01. The van der Waals surface area contributed by atoms with E-state index >= 15 is 0 Å². The van der Waals surface area contributed by atoms with Crippen LogP contribution in [-0.2, 0) is 6.54 Å². The third-order valence-electron chi connectivity index (χ3n) is 4.51. The molecule has 0 spiro atoms. The predicted octanol–water partition coefficient (Wildman–Crippen LogP) is 3.98. The van der Waals surface area contributed by atoms with Gasteiger partial charge in [-0.05, 0) is 60.3 Å². The molecule has 4 nitrogen and oxygen atoms in total. The lowest BCUT2D eigenvalue weighted by Gasteiger charge is -2.12. The Morgan fingerprint density at radius 2 is 2.09 bits per heavy atom. The van der Waals surface area contributed by atoms with E-state index in [9.17, 15) is 4.79 Å². The zero-order valence-electron chi connectivity index (χ0n) is 13.6. The van der Waals surface area contributed by atoms with E-state index in [1.54, 1.807) is 0 Å². The molecule has 1 fully saturated rings. The number of halogens is 1. The number of nitrogens with zero attached hydrogens (tertiary/aromatic N) is 2. The van der Waals surface area contributed by atoms with E-state index in [2.05, 4.69) is 26.3 Å². The average molecular weight is 376 g/mol. The minimum Gasteiger partial charge on any atom is -0.349 e. The SMILES string of the molecule is Cc1nn(Cc2cccc(C(=O)NC3CCCC3)c2)c(C)c1Br. The van der Waals surface area contributed by atoms with E-state index < -0.39 is 0 Å². The fourth-order valence-electron chi connectivity index (χ4n) is 3.15. The molecule has 0 aliphatic heterocycles. The Hall–Kier alpha value is -1.62. The van der Waals surface area contributed by atoms with Gasteiger partial charge >= 0.3 is 0 Å². The number of hydrogen-bond acceptors (Lipinski definition) is 2. The van der Waals surface area contributed by atoms with E-state index in [0.717, 1.165) is 39.8 Å². The summed E-state index contributed by atoms with van der Waals surface area (Å²) in [6.07, 6.45) is 4.64. The number of aryl methyl sites for hydroxylation is 1. The number of nitrogens with one attached hydrogen (secondary N) is 1. The van der Waals surface area contributed by atoms with E-state index in [4.69, 9.17) is 0 Å². The molecule has 2 aromatic rings. The fraction of sp³-hybridized carbons (Fsp3) is 0.444. The monoisotopic (exact) mass is 375 g/mol. The van der Waals surface area contributed by atoms with Crippen molar-refractivity contribution in [2.24, 2.45) is 0 Å². The van der Waals surface area contributed by atoms with E-state index in [-0.39, 0.29) is 5.91 Å². The van der Waals surface area contributed by atoms with Gasteiger partial charge in [-0.3, -0.25) is 9.48 Å². The minimum absolute atomic E-state index is 0.0355. The second kappa shape index (κ2) is 6.87. The summed E-state index contributed by atoms with van der Waals surface area (Å²) in [7, 11) is 0. The predicted molar refractivity (Wildman–Crippen MR) is 94.7 cm³/mol. The van der Waals surface area contributed by atoms with Crippen LogP contribution < -0.4 is 5.32 Å². The van der Waals surface area contributed by atoms with E-state index in [1.165, 1.54) is 12.8 Å². The van der Waals surface area contributed by atoms with Gasteiger partial charge < -0.3 is 5.32 Å². The summed E-state index contributed by atoms with van der Waals surface area (Å²) in [5, 5.41) is 7.67. The first-order valence-electron chi connectivity index (χ1n) is 8.14. The highest BCUT2D eigenvalue weighted by Crippen LogP contribution is 2.21. The Morgan fingerprint density at radius 3 is 2.74 bits per heavy atom. The van der Waals surface area contributed by atoms with Gasteiger partial charge in [0.15, 0.2) is 0 Å². The normalized spacial score (nSPS) is 15.1. The highest BCUT2D eigenvalue weighted by Gasteiger charge is 2.18. The lowest BCUT2D eigenvalue weighted by molar-refractivity contribution is 0.0938. The number of hydrogen-bond donors (Lipinski definition) is 1. The number of amides is 1. The van der Waals surface area contributed by atoms with Crippen LogP contribution in [0.25, 0.3) is 0 Å². The summed E-state index contributed by atoms with van der Waals surface area (Å²) in [6, 6.07) is 8.17. The molecule has 1 amide bonds. The number of aromatic nitrogens is 2. The minimum atomic E-state index is 0.0355. The van der Waals surface area contributed by atoms with Crippen molar-refractivity contribution in [2.75, 3.05) is 0 Å². The first-order chi connectivity index (χ1) is 11.0. The van der Waals surface area contributed by atoms with Crippen molar-refractivity contribution in [3.63, 3.8) is 0 Å². The van der Waals surface area contributed by atoms with Crippen LogP contribution in [0.15, 0.2) is 28.7 Å². The quantitative estimate of drug-likeness (QED) is 0.877. The molecule has 1 aliphatic carbocycles. The maximum atomic E-state index is 12.4. The number of benzene rings is 1. The molecular formula is C18H22BrN3O. The zero-order chi connectivity index (χ0) is 16.4. The summed E-state index contributed by atoms with van der Waals surface area (Å²) in [6.45, 7) is 4.70. The van der Waals surface area contributed by atoms with Crippen LogP contribution in [0, 0.1) is 13.8 Å². The van der Waals surface area contributed by atoms with Crippen molar-refractivity contribution in [1.29, 1.82) is 0 Å². The molecule has 0 bridgehead atoms. The van der Waals surface area contributed by atoms with Crippen LogP contribution in [0.3, 0.4) is 0 Å². The van der Waals surface area contributed by atoms with E-state index in [1.807, 2.05) is 42.8 Å². The van der Waals surface area contributed by atoms with Gasteiger partial charge in [0.2, 0.25) is 0 Å². The van der Waals surface area contributed by atoms with Gasteiger partial charge in [-0.15, -0.1) is 0 Å². The third kappa shape index (κ3) is 3.66. The highest BCUT2D eigenvalue weighted by atomic mass is 79.9. The molecule has 0 saturated heterocycles. The van der Waals surface area contributed by atoms with Gasteiger partial charge in [0, 0.05) is 11.6 Å². The molecular weight excluding hydrogens is 354 g/mol. The lowest BCUT2D eigenvalue weighted by atomic mass is 10.1. The molecule has 3 rings (SSSR count). The van der Waals surface area contributed by atoms with Crippen LogP contribution in [0.5, 0.6) is 0 Å². The van der Waals surface area contributed by atoms with Crippen LogP contribution in [-0.4, -0.2) is 21.7 Å². The summed E-state index contributed by atoms with van der Waals surface area (Å²) >= 11 is 3.55. The van der Waals surface area contributed by atoms with E-state index in [0.29, 0.717) is 12.6 Å². The maximum absolute atomic E-state index is 12.4. The second-order valence-electron chi connectivity index (χ2n) is 6.30. The Morgan fingerprint density at radius 1 is 1.35 bits per heavy atom. The molecule has 1 saturated carbocycles. The van der Waals surface area contributed by atoms with Crippen LogP contribution >= 0.6 is 15.9 Å². The summed E-state index contributed by atoms with van der Waals surface area (Å²) in [4.78, 5) is 12.4. The highest BCUT2D eigenvalue weighted by molar-refractivity contribution is 9.10. The fourth-order valence-corrected chi connectivity index (χ4v) is 3.44. The van der Waals surface area contributed by atoms with Crippen molar-refractivity contribution in [2.45, 2.75) is 52.1 Å². The summed E-state index contributed by atoms with van der Waals surface area (Å²) in [5.74, 6) is 0.0355. The van der Waals surface area contributed by atoms with Gasteiger partial charge in [0.25, 0.3) is 5.91 Å². The Balaban J connectivity index is 1.74. The zero-order valence-corrected chi connectivity index (χ0v) is 15.2. The lowest BCUT2D eigenvalue weighted by Crippen LogP contribution is -2.32. The van der Waals surface area contributed by atoms with Crippen LogP contribution in [0.2, 0.25) is 0 Å². The van der Waals surface area contributed by atoms with Gasteiger partial charge in [-0.25, -0.2) is 0 Å². The molecule has 0 atom stereocenters. The number of rotatable bonds is 4. The Bertz CT molecular complexity index is 717. The first kappa shape index (κ1) is 16.2. The number of carbonyl (C=O) groups is 1. The average Bonchev–Trinajstić information content (AvgIpc) is 3.13.